The number of piperidine rings is 1. The average Bonchev–Trinajstić information content (AvgIpc) is 2.77. The Morgan fingerprint density at radius 1 is 1.00 bits per heavy atom. The third-order valence-corrected chi connectivity index (χ3v) is 4.33. The summed E-state index contributed by atoms with van der Waals surface area (Å²) in [6, 6.07) is 0. The van der Waals surface area contributed by atoms with E-state index in [1.54, 1.807) is 0 Å². The van der Waals surface area contributed by atoms with Crippen molar-refractivity contribution in [2.24, 2.45) is 0 Å². The Morgan fingerprint density at radius 2 is 1.74 bits per heavy atom. The summed E-state index contributed by atoms with van der Waals surface area (Å²) in [6.07, 6.45) is 11.6. The van der Waals surface area contributed by atoms with E-state index in [0.717, 1.165) is 32.0 Å². The molecule has 4 heteroatoms. The Morgan fingerprint density at radius 3 is 2.47 bits per heavy atom. The summed E-state index contributed by atoms with van der Waals surface area (Å²) >= 11 is 0. The van der Waals surface area contributed by atoms with E-state index in [0.29, 0.717) is 5.92 Å². The van der Waals surface area contributed by atoms with Gasteiger partial charge in [-0.15, -0.1) is 0 Å². The number of anilines is 1. The van der Waals surface area contributed by atoms with Gasteiger partial charge in [0.25, 0.3) is 0 Å². The van der Waals surface area contributed by atoms with Crippen molar-refractivity contribution in [3.8, 4) is 0 Å². The number of nitrogens with zero attached hydrogens (tertiary/aromatic N) is 3. The Bertz CT molecular complexity index is 393. The molecule has 0 atom stereocenters. The molecular weight excluding hydrogens is 236 g/mol. The predicted molar refractivity (Wildman–Crippen MR) is 77.6 cm³/mol. The lowest BCUT2D eigenvalue weighted by Gasteiger charge is -2.25. The monoisotopic (exact) mass is 260 g/mol. The second-order valence-corrected chi connectivity index (χ2v) is 5.73. The fourth-order valence-corrected chi connectivity index (χ4v) is 3.14. The minimum Gasteiger partial charge on any atom is -0.355 e. The van der Waals surface area contributed by atoms with E-state index in [1.165, 1.54) is 44.2 Å². The van der Waals surface area contributed by atoms with Gasteiger partial charge in [-0.3, -0.25) is 4.98 Å². The quantitative estimate of drug-likeness (QED) is 0.886. The van der Waals surface area contributed by atoms with E-state index in [9.17, 15) is 0 Å². The van der Waals surface area contributed by atoms with Gasteiger partial charge in [-0.2, -0.15) is 0 Å². The van der Waals surface area contributed by atoms with Crippen LogP contribution in [0.4, 0.5) is 5.82 Å². The molecular formula is C15H24N4. The fraction of sp³-hybridized carbons (Fsp3) is 0.733. The molecule has 0 saturated carbocycles. The second kappa shape index (κ2) is 6.33. The van der Waals surface area contributed by atoms with Crippen LogP contribution in [-0.2, 0) is 0 Å². The van der Waals surface area contributed by atoms with Gasteiger partial charge in [0.2, 0.25) is 0 Å². The number of hydrogen-bond acceptors (Lipinski definition) is 4. The molecule has 1 aromatic heterocycles. The first-order valence-electron chi connectivity index (χ1n) is 7.71. The maximum atomic E-state index is 4.90. The van der Waals surface area contributed by atoms with Crippen molar-refractivity contribution in [3.63, 3.8) is 0 Å². The van der Waals surface area contributed by atoms with Crippen molar-refractivity contribution >= 4 is 5.82 Å². The van der Waals surface area contributed by atoms with E-state index in [-0.39, 0.29) is 0 Å². The molecule has 0 unspecified atom stereocenters. The Hall–Kier alpha value is -1.16. The van der Waals surface area contributed by atoms with E-state index in [1.807, 2.05) is 12.4 Å². The highest BCUT2D eigenvalue weighted by Crippen LogP contribution is 2.25. The summed E-state index contributed by atoms with van der Waals surface area (Å²) in [5.41, 5.74) is 1.20. The van der Waals surface area contributed by atoms with Crippen molar-refractivity contribution < 1.29 is 0 Å². The van der Waals surface area contributed by atoms with Crippen LogP contribution >= 0.6 is 0 Å². The van der Waals surface area contributed by atoms with E-state index >= 15 is 0 Å². The first-order valence-corrected chi connectivity index (χ1v) is 7.71. The van der Waals surface area contributed by atoms with Crippen LogP contribution in [0.25, 0.3) is 0 Å². The molecule has 104 valence electrons. The highest BCUT2D eigenvalue weighted by atomic mass is 15.2. The third-order valence-electron chi connectivity index (χ3n) is 4.33. The highest BCUT2D eigenvalue weighted by molar-refractivity contribution is 5.37. The third kappa shape index (κ3) is 3.24. The van der Waals surface area contributed by atoms with Crippen LogP contribution in [0.5, 0.6) is 0 Å². The predicted octanol–water partition coefficient (Wildman–Crippen LogP) is 2.32. The Labute approximate surface area is 115 Å². The van der Waals surface area contributed by atoms with E-state index < -0.39 is 0 Å². The number of aromatic nitrogens is 2. The summed E-state index contributed by atoms with van der Waals surface area (Å²) in [4.78, 5) is 11.8. The van der Waals surface area contributed by atoms with Crippen LogP contribution in [-0.4, -0.2) is 36.1 Å². The molecule has 3 rings (SSSR count). The van der Waals surface area contributed by atoms with Gasteiger partial charge in [0.05, 0.1) is 11.9 Å². The average molecular weight is 260 g/mol. The van der Waals surface area contributed by atoms with Gasteiger partial charge in [-0.25, -0.2) is 4.98 Å². The van der Waals surface area contributed by atoms with Crippen LogP contribution in [0.2, 0.25) is 0 Å². The molecule has 3 heterocycles. The van der Waals surface area contributed by atoms with Crippen molar-refractivity contribution in [2.45, 2.75) is 44.4 Å². The first kappa shape index (κ1) is 12.9. The molecule has 4 nitrogen and oxygen atoms in total. The lowest BCUT2D eigenvalue weighted by Crippen LogP contribution is -2.28. The standard InChI is InChI=1S/C15H24N4/c1-2-4-10-19(9-3-1)15-12-17-11-14(18-15)13-5-7-16-8-6-13/h11-13,16H,1-10H2. The molecule has 0 radical (unpaired) electrons. The van der Waals surface area contributed by atoms with Crippen LogP contribution < -0.4 is 10.2 Å². The Balaban J connectivity index is 1.74. The largest absolute Gasteiger partial charge is 0.355 e. The number of nitrogens with one attached hydrogen (secondary N) is 1. The van der Waals surface area contributed by atoms with Gasteiger partial charge in [0.1, 0.15) is 5.82 Å². The van der Waals surface area contributed by atoms with E-state index in [4.69, 9.17) is 4.98 Å². The second-order valence-electron chi connectivity index (χ2n) is 5.73. The maximum absolute atomic E-state index is 4.90. The molecule has 2 fully saturated rings. The van der Waals surface area contributed by atoms with Crippen LogP contribution in [0.15, 0.2) is 12.4 Å². The zero-order valence-corrected chi connectivity index (χ0v) is 11.6. The van der Waals surface area contributed by atoms with Crippen molar-refractivity contribution in [3.05, 3.63) is 18.1 Å². The summed E-state index contributed by atoms with van der Waals surface area (Å²) in [5, 5.41) is 3.41. The summed E-state index contributed by atoms with van der Waals surface area (Å²) in [6.45, 7) is 4.51. The lowest BCUT2D eigenvalue weighted by molar-refractivity contribution is 0.452. The molecule has 2 aliphatic rings. The topological polar surface area (TPSA) is 41.1 Å². The minimum atomic E-state index is 0.598. The molecule has 0 amide bonds. The molecule has 0 aliphatic carbocycles. The number of hydrogen-bond donors (Lipinski definition) is 1. The molecule has 19 heavy (non-hydrogen) atoms. The summed E-state index contributed by atoms with van der Waals surface area (Å²) in [5.74, 6) is 1.69. The van der Waals surface area contributed by atoms with E-state index in [2.05, 4.69) is 15.2 Å². The van der Waals surface area contributed by atoms with Crippen molar-refractivity contribution in [1.29, 1.82) is 0 Å². The molecule has 2 aliphatic heterocycles. The van der Waals surface area contributed by atoms with Gasteiger partial charge in [-0.1, -0.05) is 12.8 Å². The molecule has 0 bridgehead atoms. The van der Waals surface area contributed by atoms with Gasteiger partial charge in [0.15, 0.2) is 0 Å². The van der Waals surface area contributed by atoms with Gasteiger partial charge in [0, 0.05) is 25.2 Å². The zero-order valence-electron chi connectivity index (χ0n) is 11.6. The maximum Gasteiger partial charge on any atom is 0.147 e. The molecule has 2 saturated heterocycles. The highest BCUT2D eigenvalue weighted by Gasteiger charge is 2.18. The SMILES string of the molecule is c1ncc(N2CCCCCC2)nc1C1CCNCC1. The van der Waals surface area contributed by atoms with Crippen molar-refractivity contribution in [2.75, 3.05) is 31.1 Å². The Kier molecular flexibility index (Phi) is 4.28. The van der Waals surface area contributed by atoms with Crippen LogP contribution in [0.3, 0.4) is 0 Å². The molecule has 1 aromatic rings. The molecule has 0 spiro atoms. The minimum absolute atomic E-state index is 0.598. The van der Waals surface area contributed by atoms with Gasteiger partial charge >= 0.3 is 0 Å². The first-order chi connectivity index (χ1) is 9.43. The summed E-state index contributed by atoms with van der Waals surface area (Å²) < 4.78 is 0. The van der Waals surface area contributed by atoms with Crippen LogP contribution in [0.1, 0.15) is 50.1 Å². The zero-order chi connectivity index (χ0) is 12.9. The molecule has 1 N–H and O–H groups in total. The van der Waals surface area contributed by atoms with Gasteiger partial charge in [-0.05, 0) is 38.8 Å². The normalized spacial score (nSPS) is 22.2. The summed E-state index contributed by atoms with van der Waals surface area (Å²) in [7, 11) is 0. The fourth-order valence-electron chi connectivity index (χ4n) is 3.14. The molecule has 0 aromatic carbocycles. The lowest BCUT2D eigenvalue weighted by atomic mass is 9.95. The smallest absolute Gasteiger partial charge is 0.147 e. The van der Waals surface area contributed by atoms with Crippen LogP contribution in [0, 0.1) is 0 Å². The van der Waals surface area contributed by atoms with Gasteiger partial charge < -0.3 is 10.2 Å². The van der Waals surface area contributed by atoms with Crippen molar-refractivity contribution in [1.82, 2.24) is 15.3 Å². The number of rotatable bonds is 2.